The van der Waals surface area contributed by atoms with Crippen molar-refractivity contribution in [3.63, 3.8) is 0 Å². The highest BCUT2D eigenvalue weighted by atomic mass is 19.3. The van der Waals surface area contributed by atoms with Crippen LogP contribution in [0.15, 0.2) is 18.2 Å². The Morgan fingerprint density at radius 1 is 1.11 bits per heavy atom. The first-order valence-electron chi connectivity index (χ1n) is 13.3. The van der Waals surface area contributed by atoms with Crippen LogP contribution in [-0.2, 0) is 11.3 Å². The van der Waals surface area contributed by atoms with E-state index in [1.54, 1.807) is 14.2 Å². The molecule has 2 aliphatic carbocycles. The Labute approximate surface area is 208 Å². The molecule has 0 aromatic heterocycles. The van der Waals surface area contributed by atoms with Gasteiger partial charge in [-0.1, -0.05) is 18.9 Å². The third-order valence-electron chi connectivity index (χ3n) is 7.97. The Morgan fingerprint density at radius 2 is 1.89 bits per heavy atom. The molecule has 1 aromatic rings. The van der Waals surface area contributed by atoms with Gasteiger partial charge in [0.15, 0.2) is 0 Å². The second-order valence-electron chi connectivity index (χ2n) is 10.3. The topological polar surface area (TPSA) is 54.0 Å². The number of likely N-dealkylation sites (tertiary alicyclic amines) is 1. The average molecular weight is 494 g/mol. The largest absolute Gasteiger partial charge is 0.497 e. The Kier molecular flexibility index (Phi) is 9.22. The summed E-state index contributed by atoms with van der Waals surface area (Å²) in [6.07, 6.45) is 7.25. The van der Waals surface area contributed by atoms with E-state index in [-0.39, 0.29) is 18.5 Å². The second kappa shape index (κ2) is 12.3. The zero-order valence-corrected chi connectivity index (χ0v) is 21.2. The van der Waals surface area contributed by atoms with Crippen LogP contribution in [0.3, 0.4) is 0 Å². The molecule has 1 amide bonds. The number of ether oxygens (including phenoxy) is 2. The van der Waals surface area contributed by atoms with Crippen LogP contribution < -0.4 is 14.8 Å². The van der Waals surface area contributed by atoms with Crippen LogP contribution in [0.4, 0.5) is 8.78 Å². The number of nitrogens with one attached hydrogen (secondary N) is 1. The van der Waals surface area contributed by atoms with E-state index in [4.69, 9.17) is 9.47 Å². The first-order valence-corrected chi connectivity index (χ1v) is 13.3. The lowest BCUT2D eigenvalue weighted by atomic mass is 9.78. The molecule has 4 rings (SSSR count). The molecule has 1 N–H and O–H groups in total. The molecule has 3 atom stereocenters. The Balaban J connectivity index is 1.56. The molecule has 196 valence electrons. The van der Waals surface area contributed by atoms with E-state index in [0.29, 0.717) is 37.5 Å². The van der Waals surface area contributed by atoms with E-state index in [2.05, 4.69) is 15.1 Å². The quantitative estimate of drug-likeness (QED) is 0.436. The number of hydrogen-bond donors (Lipinski definition) is 1. The lowest BCUT2D eigenvalue weighted by Gasteiger charge is -2.46. The summed E-state index contributed by atoms with van der Waals surface area (Å²) in [5.41, 5.74) is 1.01. The van der Waals surface area contributed by atoms with Gasteiger partial charge in [0.2, 0.25) is 5.91 Å². The number of halogens is 2. The van der Waals surface area contributed by atoms with E-state index in [1.807, 2.05) is 18.2 Å². The van der Waals surface area contributed by atoms with Crippen LogP contribution in [0.25, 0.3) is 0 Å². The van der Waals surface area contributed by atoms with Crippen LogP contribution in [0, 0.1) is 5.92 Å². The Hall–Kier alpha value is -1.93. The van der Waals surface area contributed by atoms with E-state index in [0.717, 1.165) is 49.3 Å². The number of carbonyl (C=O) groups excluding carboxylic acids is 1. The highest BCUT2D eigenvalue weighted by Gasteiger charge is 2.43. The molecule has 0 bridgehead atoms. The first-order chi connectivity index (χ1) is 17.0. The lowest BCUT2D eigenvalue weighted by Crippen LogP contribution is -2.57. The lowest BCUT2D eigenvalue weighted by molar-refractivity contribution is -0.144. The number of nitrogens with zero attached hydrogens (tertiary/aromatic N) is 2. The fourth-order valence-corrected chi connectivity index (χ4v) is 6.05. The number of alkyl halides is 2. The minimum atomic E-state index is -2.39. The summed E-state index contributed by atoms with van der Waals surface area (Å²) in [7, 11) is 3.27. The van der Waals surface area contributed by atoms with Crippen molar-refractivity contribution in [2.75, 3.05) is 33.9 Å². The minimum absolute atomic E-state index is 0.180. The molecule has 3 aliphatic rings. The maximum absolute atomic E-state index is 14.2. The number of fused-ring (bicyclic) bond motifs is 1. The number of amides is 1. The molecule has 1 heterocycles. The van der Waals surface area contributed by atoms with E-state index in [9.17, 15) is 13.6 Å². The van der Waals surface area contributed by atoms with Gasteiger partial charge in [0.25, 0.3) is 6.43 Å². The normalized spacial score (nSPS) is 23.3. The molecule has 1 aliphatic heterocycles. The van der Waals surface area contributed by atoms with Crippen LogP contribution in [0.2, 0.25) is 0 Å². The number of piperidine rings is 1. The summed E-state index contributed by atoms with van der Waals surface area (Å²) in [5, 5.41) is 2.86. The summed E-state index contributed by atoms with van der Waals surface area (Å²) in [6, 6.07) is 6.12. The third kappa shape index (κ3) is 6.64. The van der Waals surface area contributed by atoms with E-state index in [1.165, 1.54) is 25.7 Å². The van der Waals surface area contributed by atoms with Gasteiger partial charge in [-0.15, -0.1) is 0 Å². The summed E-state index contributed by atoms with van der Waals surface area (Å²) >= 11 is 0. The second-order valence-corrected chi connectivity index (χ2v) is 10.3. The van der Waals surface area contributed by atoms with Crippen LogP contribution >= 0.6 is 0 Å². The fourth-order valence-electron chi connectivity index (χ4n) is 6.05. The van der Waals surface area contributed by atoms with Crippen molar-refractivity contribution in [2.24, 2.45) is 5.92 Å². The number of rotatable bonds is 12. The van der Waals surface area contributed by atoms with Gasteiger partial charge in [0, 0.05) is 36.8 Å². The molecule has 2 saturated carbocycles. The van der Waals surface area contributed by atoms with Crippen LogP contribution in [0.5, 0.6) is 11.5 Å². The molecule has 0 spiro atoms. The molecule has 0 unspecified atom stereocenters. The SMILES string of the molecule is COc1ccc(CN(C2CC2)[C@H](CCNCC(F)F)C(=O)N2CCC[C@H]3CCCC[C@@H]32)c(OC)c1. The van der Waals surface area contributed by atoms with Gasteiger partial charge in [-0.2, -0.15) is 0 Å². The highest BCUT2D eigenvalue weighted by molar-refractivity contribution is 5.82. The van der Waals surface area contributed by atoms with Crippen molar-refractivity contribution < 1.29 is 23.0 Å². The smallest absolute Gasteiger partial charge is 0.250 e. The van der Waals surface area contributed by atoms with E-state index < -0.39 is 6.43 Å². The van der Waals surface area contributed by atoms with Gasteiger partial charge in [-0.25, -0.2) is 8.78 Å². The number of carbonyl (C=O) groups is 1. The Bertz CT molecular complexity index is 834. The molecule has 35 heavy (non-hydrogen) atoms. The van der Waals surface area contributed by atoms with Crippen molar-refractivity contribution in [1.29, 1.82) is 0 Å². The maximum atomic E-state index is 14.2. The van der Waals surface area contributed by atoms with Crippen molar-refractivity contribution in [1.82, 2.24) is 15.1 Å². The first kappa shape index (κ1) is 26.1. The predicted octanol–water partition coefficient (Wildman–Crippen LogP) is 4.46. The monoisotopic (exact) mass is 493 g/mol. The van der Waals surface area contributed by atoms with Gasteiger partial charge in [0.1, 0.15) is 11.5 Å². The van der Waals surface area contributed by atoms with E-state index >= 15 is 0 Å². The van der Waals surface area contributed by atoms with Crippen molar-refractivity contribution in [3.05, 3.63) is 23.8 Å². The molecule has 1 saturated heterocycles. The molecule has 0 radical (unpaired) electrons. The number of methoxy groups -OCH3 is 2. The van der Waals surface area contributed by atoms with Gasteiger partial charge in [-0.05, 0) is 63.5 Å². The zero-order valence-electron chi connectivity index (χ0n) is 21.2. The molecular formula is C27H41F2N3O3. The maximum Gasteiger partial charge on any atom is 0.250 e. The van der Waals surface area contributed by atoms with Crippen LogP contribution in [-0.4, -0.2) is 74.1 Å². The van der Waals surface area contributed by atoms with Crippen molar-refractivity contribution in [3.8, 4) is 11.5 Å². The number of benzene rings is 1. The summed E-state index contributed by atoms with van der Waals surface area (Å²) in [4.78, 5) is 18.6. The van der Waals surface area contributed by atoms with Gasteiger partial charge < -0.3 is 19.7 Å². The highest BCUT2D eigenvalue weighted by Crippen LogP contribution is 2.38. The fraction of sp³-hybridized carbons (Fsp3) is 0.741. The van der Waals surface area contributed by atoms with Crippen molar-refractivity contribution in [2.45, 2.75) is 88.9 Å². The molecule has 3 fully saturated rings. The van der Waals surface area contributed by atoms with Crippen molar-refractivity contribution >= 4 is 5.91 Å². The third-order valence-corrected chi connectivity index (χ3v) is 7.97. The zero-order chi connectivity index (χ0) is 24.8. The summed E-state index contributed by atoms with van der Waals surface area (Å²) < 4.78 is 36.5. The minimum Gasteiger partial charge on any atom is -0.497 e. The summed E-state index contributed by atoms with van der Waals surface area (Å²) in [5.74, 6) is 2.25. The molecule has 8 heteroatoms. The average Bonchev–Trinajstić information content (AvgIpc) is 3.72. The van der Waals surface area contributed by atoms with Gasteiger partial charge in [-0.3, -0.25) is 9.69 Å². The van der Waals surface area contributed by atoms with Gasteiger partial charge >= 0.3 is 0 Å². The summed E-state index contributed by atoms with van der Waals surface area (Å²) in [6.45, 7) is 1.45. The molecule has 1 aromatic carbocycles. The predicted molar refractivity (Wildman–Crippen MR) is 132 cm³/mol. The molecule has 6 nitrogen and oxygen atoms in total. The molecular weight excluding hydrogens is 452 g/mol. The van der Waals surface area contributed by atoms with Gasteiger partial charge in [0.05, 0.1) is 26.8 Å². The standard InChI is InChI=1S/C27H41F2N3O3/c1-34-22-12-9-20(25(16-22)35-2)18-32(21-10-11-21)24(13-14-30-17-26(28)29)27(33)31-15-5-7-19-6-3-4-8-23(19)31/h9,12,16,19,21,23-24,26,30H,3-8,10-11,13-15,17-18H2,1-2H3/t19-,23+,24-/m1/s1. The Morgan fingerprint density at radius 3 is 2.60 bits per heavy atom. The van der Waals surface area contributed by atoms with Crippen LogP contribution in [0.1, 0.15) is 63.4 Å². The number of hydrogen-bond acceptors (Lipinski definition) is 5.